The van der Waals surface area contributed by atoms with Gasteiger partial charge >= 0.3 is 0 Å². The summed E-state index contributed by atoms with van der Waals surface area (Å²) in [4.78, 5) is 21.2. The number of piperazine rings is 1. The van der Waals surface area contributed by atoms with Crippen molar-refractivity contribution in [2.24, 2.45) is 0 Å². The lowest BCUT2D eigenvalue weighted by atomic mass is 10.2. The molecule has 1 saturated heterocycles. The fraction of sp³-hybridized carbons (Fsp3) is 0.217. The number of rotatable bonds is 4. The molecular weight excluding hydrogens is 367 g/mol. The van der Waals surface area contributed by atoms with Crippen LogP contribution in [0.25, 0.3) is 0 Å². The molecule has 0 unspecified atom stereocenters. The van der Waals surface area contributed by atoms with Crippen LogP contribution in [0.3, 0.4) is 0 Å². The molecule has 1 N–H and O–H groups in total. The summed E-state index contributed by atoms with van der Waals surface area (Å²) in [5.41, 5.74) is 3.91. The average Bonchev–Trinajstić information content (AvgIpc) is 2.75. The van der Waals surface area contributed by atoms with Crippen molar-refractivity contribution in [3.8, 4) is 0 Å². The monoisotopic (exact) mass is 390 g/mol. The number of carbonyl (C=O) groups excluding carboxylic acids is 1. The summed E-state index contributed by atoms with van der Waals surface area (Å²) >= 11 is 0. The third-order valence-electron chi connectivity index (χ3n) is 5.11. The van der Waals surface area contributed by atoms with Gasteiger partial charge in [-0.1, -0.05) is 24.3 Å². The van der Waals surface area contributed by atoms with Gasteiger partial charge in [-0.2, -0.15) is 0 Å². The van der Waals surface area contributed by atoms with Crippen LogP contribution in [0.1, 0.15) is 16.1 Å². The number of hydrogen-bond acceptors (Lipinski definition) is 4. The second-order valence-electron chi connectivity index (χ2n) is 7.15. The number of amides is 1. The number of hydrogen-bond donors (Lipinski definition) is 1. The highest BCUT2D eigenvalue weighted by atomic mass is 19.1. The molecule has 2 aromatic carbocycles. The van der Waals surface area contributed by atoms with E-state index in [4.69, 9.17) is 0 Å². The molecule has 0 radical (unpaired) electrons. The van der Waals surface area contributed by atoms with Gasteiger partial charge in [-0.25, -0.2) is 9.37 Å². The van der Waals surface area contributed by atoms with Crippen molar-refractivity contribution < 1.29 is 9.18 Å². The molecule has 0 spiro atoms. The Balaban J connectivity index is 1.37. The SMILES string of the molecule is Cc1cccc(N2CCN(c3ccc(C(=O)Nc4ccccc4F)nc3)CC2)c1. The van der Waals surface area contributed by atoms with Gasteiger partial charge in [0.15, 0.2) is 0 Å². The van der Waals surface area contributed by atoms with E-state index < -0.39 is 11.7 Å². The Morgan fingerprint density at radius 1 is 0.931 bits per heavy atom. The van der Waals surface area contributed by atoms with Gasteiger partial charge in [-0.15, -0.1) is 0 Å². The number of nitrogens with one attached hydrogen (secondary N) is 1. The molecule has 1 aliphatic heterocycles. The van der Waals surface area contributed by atoms with E-state index in [2.05, 4.69) is 51.3 Å². The average molecular weight is 390 g/mol. The van der Waals surface area contributed by atoms with Crippen molar-refractivity contribution in [2.75, 3.05) is 41.3 Å². The number of anilines is 3. The maximum Gasteiger partial charge on any atom is 0.274 e. The van der Waals surface area contributed by atoms with Gasteiger partial charge in [0.1, 0.15) is 11.5 Å². The van der Waals surface area contributed by atoms with Crippen LogP contribution in [-0.4, -0.2) is 37.1 Å². The molecule has 5 nitrogen and oxygen atoms in total. The molecule has 1 amide bonds. The molecular formula is C23H23FN4O. The molecule has 1 aromatic heterocycles. The van der Waals surface area contributed by atoms with Crippen LogP contribution in [0.4, 0.5) is 21.5 Å². The predicted molar refractivity (Wildman–Crippen MR) is 114 cm³/mol. The molecule has 1 fully saturated rings. The van der Waals surface area contributed by atoms with Gasteiger partial charge in [-0.05, 0) is 48.9 Å². The molecule has 2 heterocycles. The summed E-state index contributed by atoms with van der Waals surface area (Å²) in [6, 6.07) is 18.2. The van der Waals surface area contributed by atoms with E-state index in [-0.39, 0.29) is 11.4 Å². The molecule has 6 heteroatoms. The van der Waals surface area contributed by atoms with E-state index >= 15 is 0 Å². The molecule has 29 heavy (non-hydrogen) atoms. The third kappa shape index (κ3) is 4.37. The van der Waals surface area contributed by atoms with Crippen LogP contribution >= 0.6 is 0 Å². The van der Waals surface area contributed by atoms with E-state index in [1.165, 1.54) is 23.4 Å². The van der Waals surface area contributed by atoms with E-state index in [0.29, 0.717) is 0 Å². The standard InChI is InChI=1S/C23H23FN4O/c1-17-5-4-6-18(15-17)27-11-13-28(14-12-27)19-9-10-22(25-16-19)23(29)26-21-8-3-2-7-20(21)24/h2-10,15-16H,11-14H2,1H3,(H,26,29). The maximum absolute atomic E-state index is 13.7. The van der Waals surface area contributed by atoms with Gasteiger partial charge < -0.3 is 15.1 Å². The minimum Gasteiger partial charge on any atom is -0.368 e. The Hall–Kier alpha value is -3.41. The number of aromatic nitrogens is 1. The Labute approximate surface area is 169 Å². The van der Waals surface area contributed by atoms with Crippen LogP contribution in [0.2, 0.25) is 0 Å². The first-order valence-electron chi connectivity index (χ1n) is 9.69. The first-order chi connectivity index (χ1) is 14.1. The van der Waals surface area contributed by atoms with Crippen LogP contribution in [0.5, 0.6) is 0 Å². The zero-order chi connectivity index (χ0) is 20.2. The van der Waals surface area contributed by atoms with E-state index in [0.717, 1.165) is 31.9 Å². The second-order valence-corrected chi connectivity index (χ2v) is 7.15. The van der Waals surface area contributed by atoms with Crippen molar-refractivity contribution in [1.82, 2.24) is 4.98 Å². The molecule has 4 rings (SSSR count). The fourth-order valence-electron chi connectivity index (χ4n) is 3.50. The smallest absolute Gasteiger partial charge is 0.274 e. The zero-order valence-electron chi connectivity index (χ0n) is 16.3. The van der Waals surface area contributed by atoms with Gasteiger partial charge in [0, 0.05) is 31.9 Å². The summed E-state index contributed by atoms with van der Waals surface area (Å²) < 4.78 is 13.7. The predicted octanol–water partition coefficient (Wildman–Crippen LogP) is 4.11. The third-order valence-corrected chi connectivity index (χ3v) is 5.11. The highest BCUT2D eigenvalue weighted by molar-refractivity contribution is 6.03. The van der Waals surface area contributed by atoms with E-state index in [1.54, 1.807) is 24.4 Å². The van der Waals surface area contributed by atoms with Crippen LogP contribution < -0.4 is 15.1 Å². The quantitative estimate of drug-likeness (QED) is 0.728. The van der Waals surface area contributed by atoms with Crippen LogP contribution in [-0.2, 0) is 0 Å². The number of benzene rings is 2. The number of nitrogens with zero attached hydrogens (tertiary/aromatic N) is 3. The molecule has 0 bridgehead atoms. The molecule has 0 aliphatic carbocycles. The van der Waals surface area contributed by atoms with Gasteiger partial charge in [-0.3, -0.25) is 4.79 Å². The Kier molecular flexibility index (Phi) is 5.42. The number of pyridine rings is 1. The lowest BCUT2D eigenvalue weighted by Gasteiger charge is -2.37. The van der Waals surface area contributed by atoms with E-state index in [9.17, 15) is 9.18 Å². The Morgan fingerprint density at radius 3 is 2.31 bits per heavy atom. The number of aryl methyl sites for hydroxylation is 1. The van der Waals surface area contributed by atoms with Crippen molar-refractivity contribution >= 4 is 23.0 Å². The van der Waals surface area contributed by atoms with Crippen molar-refractivity contribution in [3.63, 3.8) is 0 Å². The van der Waals surface area contributed by atoms with Gasteiger partial charge in [0.2, 0.25) is 0 Å². The molecule has 3 aromatic rings. The summed E-state index contributed by atoms with van der Waals surface area (Å²) in [5.74, 6) is -0.894. The molecule has 1 aliphatic rings. The van der Waals surface area contributed by atoms with E-state index in [1.807, 2.05) is 6.07 Å². The summed E-state index contributed by atoms with van der Waals surface area (Å²) in [6.07, 6.45) is 1.71. The van der Waals surface area contributed by atoms with Crippen molar-refractivity contribution in [2.45, 2.75) is 6.92 Å². The van der Waals surface area contributed by atoms with Gasteiger partial charge in [0.05, 0.1) is 17.6 Å². The first kappa shape index (κ1) is 18.9. The lowest BCUT2D eigenvalue weighted by molar-refractivity contribution is 0.102. The topological polar surface area (TPSA) is 48.5 Å². The van der Waals surface area contributed by atoms with Gasteiger partial charge in [0.25, 0.3) is 5.91 Å². The zero-order valence-corrected chi connectivity index (χ0v) is 16.3. The Morgan fingerprint density at radius 2 is 1.66 bits per heavy atom. The molecule has 148 valence electrons. The minimum atomic E-state index is -0.469. The number of halogens is 1. The number of carbonyl (C=O) groups is 1. The summed E-state index contributed by atoms with van der Waals surface area (Å²) in [5, 5.41) is 2.56. The maximum atomic E-state index is 13.7. The largest absolute Gasteiger partial charge is 0.368 e. The lowest BCUT2D eigenvalue weighted by Crippen LogP contribution is -2.46. The molecule has 0 atom stereocenters. The first-order valence-corrected chi connectivity index (χ1v) is 9.69. The van der Waals surface area contributed by atoms with Crippen molar-refractivity contribution in [3.05, 3.63) is 83.9 Å². The summed E-state index contributed by atoms with van der Waals surface area (Å²) in [6.45, 7) is 5.74. The fourth-order valence-corrected chi connectivity index (χ4v) is 3.50. The molecule has 0 saturated carbocycles. The van der Waals surface area contributed by atoms with Crippen molar-refractivity contribution in [1.29, 1.82) is 0 Å². The number of para-hydroxylation sites is 1. The Bertz CT molecular complexity index is 998. The highest BCUT2D eigenvalue weighted by Gasteiger charge is 2.18. The normalized spacial score (nSPS) is 14.0. The van der Waals surface area contributed by atoms with Crippen LogP contribution in [0, 0.1) is 12.7 Å². The second kappa shape index (κ2) is 8.31. The summed E-state index contributed by atoms with van der Waals surface area (Å²) in [7, 11) is 0. The van der Waals surface area contributed by atoms with Crippen LogP contribution in [0.15, 0.2) is 66.9 Å². The minimum absolute atomic E-state index is 0.149. The highest BCUT2D eigenvalue weighted by Crippen LogP contribution is 2.21.